The van der Waals surface area contributed by atoms with E-state index in [1.165, 1.54) is 16.7 Å². The molecule has 2 aromatic carbocycles. The molecule has 0 fully saturated rings. The van der Waals surface area contributed by atoms with Crippen LogP contribution in [0.3, 0.4) is 0 Å². The van der Waals surface area contributed by atoms with Gasteiger partial charge in [-0.2, -0.15) is 0 Å². The summed E-state index contributed by atoms with van der Waals surface area (Å²) < 4.78 is 11.6. The molecule has 2 atom stereocenters. The Morgan fingerprint density at radius 1 is 1.00 bits per heavy atom. The summed E-state index contributed by atoms with van der Waals surface area (Å²) in [7, 11) is 1.69. The molecule has 21 heavy (non-hydrogen) atoms. The fourth-order valence-electron chi connectivity index (χ4n) is 2.28. The summed E-state index contributed by atoms with van der Waals surface area (Å²) in [5.74, 6) is 2.27. The molecule has 0 heterocycles. The molecule has 0 aliphatic carbocycles. The molecule has 0 amide bonds. The molecule has 2 aromatic rings. The van der Waals surface area contributed by atoms with E-state index >= 15 is 0 Å². The third-order valence-electron chi connectivity index (χ3n) is 3.73. The Morgan fingerprint density at radius 3 is 2.24 bits per heavy atom. The van der Waals surface area contributed by atoms with Gasteiger partial charge in [-0.25, -0.2) is 0 Å². The summed E-state index contributed by atoms with van der Waals surface area (Å²) in [6.07, 6.45) is 0. The van der Waals surface area contributed by atoms with Crippen LogP contribution in [0.25, 0.3) is 0 Å². The zero-order valence-corrected chi connectivity index (χ0v) is 15.9. The second kappa shape index (κ2) is 7.42. The summed E-state index contributed by atoms with van der Waals surface area (Å²) in [4.78, 5) is 0. The van der Waals surface area contributed by atoms with Crippen LogP contribution in [-0.4, -0.2) is 10.0 Å². The van der Waals surface area contributed by atoms with Gasteiger partial charge < -0.3 is 0 Å². The van der Waals surface area contributed by atoms with E-state index in [4.69, 9.17) is 9.47 Å². The molecular weight excluding hydrogens is 337 g/mol. The molecule has 0 aliphatic rings. The van der Waals surface area contributed by atoms with Crippen molar-refractivity contribution in [2.75, 3.05) is 7.11 Å². The first-order chi connectivity index (χ1) is 10.0. The molecule has 0 aliphatic heterocycles. The number of methoxy groups -OCH3 is 1. The number of hydrogen-bond acceptors (Lipinski definition) is 2. The van der Waals surface area contributed by atoms with Crippen molar-refractivity contribution in [1.82, 2.24) is 0 Å². The summed E-state index contributed by atoms with van der Waals surface area (Å²) in [5, 5.41) is 0. The SMILES string of the molecule is COc1ccc(C(C)[CH]([Y])Oc2ccc(C)cc2C)cc1. The van der Waals surface area contributed by atoms with Gasteiger partial charge in [0.2, 0.25) is 0 Å². The van der Waals surface area contributed by atoms with Gasteiger partial charge >= 0.3 is 148 Å². The number of ether oxygens (including phenoxy) is 2. The predicted octanol–water partition coefficient (Wildman–Crippen LogP) is 4.37. The van der Waals surface area contributed by atoms with Crippen molar-refractivity contribution in [3.05, 3.63) is 59.2 Å². The molecule has 0 spiro atoms. The molecule has 108 valence electrons. The molecule has 2 rings (SSSR count). The third-order valence-corrected chi connectivity index (χ3v) is 5.48. The third kappa shape index (κ3) is 4.31. The Balaban J connectivity index is 2.09. The van der Waals surface area contributed by atoms with E-state index in [-0.39, 0.29) is 2.91 Å². The fourth-order valence-corrected chi connectivity index (χ4v) is 3.18. The van der Waals surface area contributed by atoms with Gasteiger partial charge in [0.1, 0.15) is 0 Å². The van der Waals surface area contributed by atoms with Crippen molar-refractivity contribution in [1.29, 1.82) is 0 Å². The summed E-state index contributed by atoms with van der Waals surface area (Å²) in [6.45, 7) is 6.43. The molecule has 0 saturated carbocycles. The van der Waals surface area contributed by atoms with Gasteiger partial charge in [0.15, 0.2) is 0 Å². The van der Waals surface area contributed by atoms with Crippen LogP contribution in [0.15, 0.2) is 42.5 Å². The van der Waals surface area contributed by atoms with Crippen LogP contribution in [-0.2, 0) is 31.0 Å². The summed E-state index contributed by atoms with van der Waals surface area (Å²) >= 11 is 1.06. The Kier molecular flexibility index (Phi) is 5.83. The quantitative estimate of drug-likeness (QED) is 0.790. The second-order valence-electron chi connectivity index (χ2n) is 5.41. The van der Waals surface area contributed by atoms with Crippen LogP contribution < -0.4 is 9.47 Å². The van der Waals surface area contributed by atoms with Gasteiger partial charge in [-0.3, -0.25) is 0 Å². The molecule has 0 radical (unpaired) electrons. The van der Waals surface area contributed by atoms with Gasteiger partial charge in [0, 0.05) is 0 Å². The normalized spacial score (nSPS) is 13.5. The average Bonchev–Trinajstić information content (AvgIpc) is 2.49. The Labute approximate surface area is 147 Å². The molecule has 2 unspecified atom stereocenters. The Morgan fingerprint density at radius 2 is 1.67 bits per heavy atom. The molecule has 0 bridgehead atoms. The zero-order chi connectivity index (χ0) is 15.4. The minimum atomic E-state index is 0.241. The number of hydrogen-bond donors (Lipinski definition) is 0. The van der Waals surface area contributed by atoms with Crippen molar-refractivity contribution < 1.29 is 40.4 Å². The molecular formula is C18H21O2Y. The molecule has 3 heteroatoms. The van der Waals surface area contributed by atoms with Crippen molar-refractivity contribution in [3.63, 3.8) is 0 Å². The van der Waals surface area contributed by atoms with Gasteiger partial charge in [-0.15, -0.1) is 0 Å². The number of benzene rings is 2. The topological polar surface area (TPSA) is 18.5 Å². The maximum atomic E-state index is 6.20. The summed E-state index contributed by atoms with van der Waals surface area (Å²) in [5.41, 5.74) is 3.77. The first-order valence-corrected chi connectivity index (χ1v) is 8.78. The van der Waals surface area contributed by atoms with Crippen molar-refractivity contribution >= 4 is 0 Å². The molecule has 0 N–H and O–H groups in total. The van der Waals surface area contributed by atoms with Crippen molar-refractivity contribution in [2.45, 2.75) is 29.6 Å². The van der Waals surface area contributed by atoms with E-state index in [1.54, 1.807) is 7.11 Å². The van der Waals surface area contributed by atoms with Crippen LogP contribution in [0.1, 0.15) is 29.5 Å². The average molecular weight is 358 g/mol. The van der Waals surface area contributed by atoms with Gasteiger partial charge in [0.25, 0.3) is 0 Å². The van der Waals surface area contributed by atoms with Crippen molar-refractivity contribution in [3.8, 4) is 11.5 Å². The Hall–Kier alpha value is -0.856. The molecule has 0 saturated heterocycles. The number of rotatable bonds is 5. The fraction of sp³-hybridized carbons (Fsp3) is 0.333. The van der Waals surface area contributed by atoms with Crippen LogP contribution in [0, 0.1) is 13.8 Å². The second-order valence-corrected chi connectivity index (χ2v) is 7.03. The van der Waals surface area contributed by atoms with Gasteiger partial charge in [0.05, 0.1) is 0 Å². The van der Waals surface area contributed by atoms with Crippen LogP contribution in [0.5, 0.6) is 11.5 Å². The van der Waals surface area contributed by atoms with E-state index in [9.17, 15) is 0 Å². The zero-order valence-electron chi connectivity index (χ0n) is 13.1. The Bertz CT molecular complexity index is 593. The molecule has 0 aromatic heterocycles. The van der Waals surface area contributed by atoms with Crippen molar-refractivity contribution in [2.24, 2.45) is 0 Å². The van der Waals surface area contributed by atoms with Crippen LogP contribution in [0.4, 0.5) is 0 Å². The van der Waals surface area contributed by atoms with E-state index < -0.39 is 0 Å². The van der Waals surface area contributed by atoms with E-state index in [0.717, 1.165) is 42.5 Å². The first kappa shape index (κ1) is 16.5. The van der Waals surface area contributed by atoms with Crippen LogP contribution in [0.2, 0.25) is 0 Å². The van der Waals surface area contributed by atoms with E-state index in [2.05, 4.69) is 51.1 Å². The predicted molar refractivity (Wildman–Crippen MR) is 81.7 cm³/mol. The van der Waals surface area contributed by atoms with E-state index in [0.29, 0.717) is 5.92 Å². The van der Waals surface area contributed by atoms with Gasteiger partial charge in [-0.05, 0) is 0 Å². The van der Waals surface area contributed by atoms with E-state index in [1.807, 2.05) is 12.1 Å². The monoisotopic (exact) mass is 358 g/mol. The maximum absolute atomic E-state index is 6.20. The minimum absolute atomic E-state index is 0.241. The standard InChI is InChI=1S/C18H21O2.Y/c1-13-5-10-18(14(2)11-13)20-12-15(3)16-6-8-17(19-4)9-7-16;/h5-12,15H,1-4H3;. The first-order valence-electron chi connectivity index (χ1n) is 7.14. The van der Waals surface area contributed by atoms with Crippen LogP contribution >= 0.6 is 0 Å². The summed E-state index contributed by atoms with van der Waals surface area (Å²) in [6, 6.07) is 14.6. The van der Waals surface area contributed by atoms with Gasteiger partial charge in [-0.1, -0.05) is 0 Å². The number of aryl methyl sites for hydroxylation is 2. The molecule has 2 nitrogen and oxygen atoms in total.